The largest absolute Gasteiger partial charge is 0.389 e. The van der Waals surface area contributed by atoms with Crippen molar-refractivity contribution in [3.63, 3.8) is 0 Å². The van der Waals surface area contributed by atoms with Crippen LogP contribution in [0.25, 0.3) is 0 Å². The smallest absolute Gasteiger partial charge is 0.169 e. The number of benzene rings is 1. The lowest BCUT2D eigenvalue weighted by Crippen LogP contribution is -2.15. The van der Waals surface area contributed by atoms with Crippen molar-refractivity contribution in [1.82, 2.24) is 14.8 Å². The molecule has 5 nitrogen and oxygen atoms in total. The van der Waals surface area contributed by atoms with E-state index < -0.39 is 0 Å². The molecule has 0 aliphatic carbocycles. The fourth-order valence-corrected chi connectivity index (χ4v) is 2.67. The van der Waals surface area contributed by atoms with Gasteiger partial charge in [-0.25, -0.2) is 4.98 Å². The average Bonchev–Trinajstić information content (AvgIpc) is 2.81. The van der Waals surface area contributed by atoms with Gasteiger partial charge in [-0.1, -0.05) is 18.3 Å². The monoisotopic (exact) mass is 293 g/mol. The summed E-state index contributed by atoms with van der Waals surface area (Å²) >= 11 is 6.75. The van der Waals surface area contributed by atoms with Crippen molar-refractivity contribution in [2.24, 2.45) is 12.8 Å². The van der Waals surface area contributed by atoms with Crippen LogP contribution in [0.3, 0.4) is 0 Å². The van der Waals surface area contributed by atoms with Gasteiger partial charge >= 0.3 is 0 Å². The summed E-state index contributed by atoms with van der Waals surface area (Å²) in [4.78, 5) is 5.62. The Balaban J connectivity index is 2.22. The number of hydrogen-bond donors (Lipinski definition) is 2. The summed E-state index contributed by atoms with van der Waals surface area (Å²) in [5.74, 6) is 0.728. The zero-order chi connectivity index (χ0) is 13.8. The third kappa shape index (κ3) is 3.24. The minimum absolute atomic E-state index is 0.390. The molecule has 1 aromatic carbocycles. The molecular weight excluding hydrogens is 278 g/mol. The number of aromatic nitrogens is 3. The minimum atomic E-state index is 0.390. The van der Waals surface area contributed by atoms with Gasteiger partial charge in [-0.3, -0.25) is 4.68 Å². The van der Waals surface area contributed by atoms with Gasteiger partial charge in [-0.2, -0.15) is 5.10 Å². The van der Waals surface area contributed by atoms with Crippen molar-refractivity contribution < 1.29 is 0 Å². The van der Waals surface area contributed by atoms with Gasteiger partial charge in [-0.05, 0) is 18.4 Å². The highest BCUT2D eigenvalue weighted by atomic mass is 32.2. The molecule has 0 saturated carbocycles. The topological polar surface area (TPSA) is 68.8 Å². The normalized spacial score (nSPS) is 10.4. The number of nitrogens with zero attached hydrogens (tertiary/aromatic N) is 3. The van der Waals surface area contributed by atoms with Gasteiger partial charge in [0, 0.05) is 23.2 Å². The van der Waals surface area contributed by atoms with Crippen LogP contribution in [0.4, 0.5) is 5.69 Å². The fourth-order valence-electron chi connectivity index (χ4n) is 1.74. The van der Waals surface area contributed by atoms with Crippen LogP contribution in [-0.4, -0.2) is 26.0 Å². The number of hydrogen-bond acceptors (Lipinski definition) is 5. The standard InChI is InChI=1S/C12H15N5S2/c1-17-7-15-10(16-17)6-14-8-4-3-5-9(19-2)11(8)12(13)18/h3-5,7,14H,6H2,1-2H3,(H2,13,18). The van der Waals surface area contributed by atoms with E-state index >= 15 is 0 Å². The Hall–Kier alpha value is -1.60. The van der Waals surface area contributed by atoms with Crippen LogP contribution in [0.5, 0.6) is 0 Å². The fraction of sp³-hybridized carbons (Fsp3) is 0.250. The first kappa shape index (κ1) is 13.8. The molecule has 2 aromatic rings. The number of thioether (sulfide) groups is 1. The van der Waals surface area contributed by atoms with Gasteiger partial charge in [0.2, 0.25) is 0 Å². The number of thiocarbonyl (C=S) groups is 1. The van der Waals surface area contributed by atoms with Crippen LogP contribution in [0, 0.1) is 0 Å². The van der Waals surface area contributed by atoms with E-state index in [-0.39, 0.29) is 0 Å². The van der Waals surface area contributed by atoms with E-state index in [0.717, 1.165) is 22.0 Å². The predicted molar refractivity (Wildman–Crippen MR) is 82.4 cm³/mol. The summed E-state index contributed by atoms with van der Waals surface area (Å²) in [6.45, 7) is 0.536. The summed E-state index contributed by atoms with van der Waals surface area (Å²) < 4.78 is 1.67. The second-order valence-corrected chi connectivity index (χ2v) is 5.22. The van der Waals surface area contributed by atoms with Gasteiger partial charge in [0.25, 0.3) is 0 Å². The molecule has 0 saturated heterocycles. The highest BCUT2D eigenvalue weighted by Crippen LogP contribution is 2.27. The number of aryl methyl sites for hydroxylation is 1. The number of anilines is 1. The molecule has 3 N–H and O–H groups in total. The molecule has 0 amide bonds. The molecule has 0 aliphatic heterocycles. The molecule has 0 radical (unpaired) electrons. The Morgan fingerprint density at radius 3 is 2.89 bits per heavy atom. The number of rotatable bonds is 5. The highest BCUT2D eigenvalue weighted by molar-refractivity contribution is 7.98. The molecule has 1 heterocycles. The van der Waals surface area contributed by atoms with Crippen LogP contribution in [0.15, 0.2) is 29.4 Å². The van der Waals surface area contributed by atoms with E-state index in [0.29, 0.717) is 11.5 Å². The maximum Gasteiger partial charge on any atom is 0.169 e. The minimum Gasteiger partial charge on any atom is -0.389 e. The molecule has 0 unspecified atom stereocenters. The zero-order valence-electron chi connectivity index (χ0n) is 10.8. The first-order valence-corrected chi connectivity index (χ1v) is 7.30. The Morgan fingerprint density at radius 1 is 1.53 bits per heavy atom. The first-order valence-electron chi connectivity index (χ1n) is 5.67. The van der Waals surface area contributed by atoms with Crippen molar-refractivity contribution in [2.45, 2.75) is 11.4 Å². The van der Waals surface area contributed by atoms with Crippen molar-refractivity contribution in [3.05, 3.63) is 35.9 Å². The molecule has 0 spiro atoms. The van der Waals surface area contributed by atoms with Crippen molar-refractivity contribution in [3.8, 4) is 0 Å². The van der Waals surface area contributed by atoms with Crippen LogP contribution < -0.4 is 11.1 Å². The van der Waals surface area contributed by atoms with Gasteiger partial charge in [-0.15, -0.1) is 11.8 Å². The Kier molecular flexibility index (Phi) is 4.39. The average molecular weight is 293 g/mol. The maximum atomic E-state index is 5.81. The van der Waals surface area contributed by atoms with Crippen molar-refractivity contribution in [2.75, 3.05) is 11.6 Å². The zero-order valence-corrected chi connectivity index (χ0v) is 12.4. The predicted octanol–water partition coefficient (Wildman–Crippen LogP) is 1.78. The van der Waals surface area contributed by atoms with Crippen molar-refractivity contribution >= 4 is 34.7 Å². The summed E-state index contributed by atoms with van der Waals surface area (Å²) in [7, 11) is 1.84. The molecule has 100 valence electrons. The molecule has 0 atom stereocenters. The summed E-state index contributed by atoms with van der Waals surface area (Å²) in [6.07, 6.45) is 3.67. The second-order valence-electron chi connectivity index (χ2n) is 3.94. The van der Waals surface area contributed by atoms with Gasteiger partial charge < -0.3 is 11.1 Å². The van der Waals surface area contributed by atoms with E-state index in [9.17, 15) is 0 Å². The van der Waals surface area contributed by atoms with Gasteiger partial charge in [0.05, 0.1) is 6.54 Å². The van der Waals surface area contributed by atoms with E-state index in [1.807, 2.05) is 31.5 Å². The lowest BCUT2D eigenvalue weighted by atomic mass is 10.1. The summed E-state index contributed by atoms with van der Waals surface area (Å²) in [5.41, 5.74) is 7.59. The van der Waals surface area contributed by atoms with Crippen LogP contribution in [-0.2, 0) is 13.6 Å². The Morgan fingerprint density at radius 2 is 2.32 bits per heavy atom. The summed E-state index contributed by atoms with van der Waals surface area (Å²) in [6, 6.07) is 5.93. The SMILES string of the molecule is CSc1cccc(NCc2ncn(C)n2)c1C(N)=S. The lowest BCUT2D eigenvalue weighted by molar-refractivity contribution is 0.747. The summed E-state index contributed by atoms with van der Waals surface area (Å²) in [5, 5.41) is 7.50. The first-order chi connectivity index (χ1) is 9.11. The second kappa shape index (κ2) is 6.03. The van der Waals surface area contributed by atoms with Crippen molar-refractivity contribution in [1.29, 1.82) is 0 Å². The Labute approximate surface area is 121 Å². The van der Waals surface area contributed by atoms with Gasteiger partial charge in [0.1, 0.15) is 11.3 Å². The molecule has 19 heavy (non-hydrogen) atoms. The molecule has 0 bridgehead atoms. The van der Waals surface area contributed by atoms with E-state index in [1.165, 1.54) is 0 Å². The third-order valence-electron chi connectivity index (χ3n) is 2.58. The van der Waals surface area contributed by atoms with E-state index in [4.69, 9.17) is 18.0 Å². The molecule has 0 aliphatic rings. The van der Waals surface area contributed by atoms with Crippen LogP contribution in [0.2, 0.25) is 0 Å². The quantitative estimate of drug-likeness (QED) is 0.647. The highest BCUT2D eigenvalue weighted by Gasteiger charge is 2.10. The van der Waals surface area contributed by atoms with E-state index in [2.05, 4.69) is 15.4 Å². The molecule has 0 fully saturated rings. The molecule has 2 rings (SSSR count). The third-order valence-corrected chi connectivity index (χ3v) is 3.56. The number of nitrogens with two attached hydrogens (primary N) is 1. The lowest BCUT2D eigenvalue weighted by Gasteiger charge is -2.13. The van der Waals surface area contributed by atoms with Crippen LogP contribution >= 0.6 is 24.0 Å². The van der Waals surface area contributed by atoms with E-state index in [1.54, 1.807) is 22.8 Å². The molecular formula is C12H15N5S2. The van der Waals surface area contributed by atoms with Crippen LogP contribution in [0.1, 0.15) is 11.4 Å². The maximum absolute atomic E-state index is 5.81. The molecule has 7 heteroatoms. The van der Waals surface area contributed by atoms with Gasteiger partial charge in [0.15, 0.2) is 5.82 Å². The Bertz CT molecular complexity index is 594. The molecule has 1 aromatic heterocycles. The number of nitrogens with one attached hydrogen (secondary N) is 1.